The second-order valence-corrected chi connectivity index (χ2v) is 9.08. The van der Waals surface area contributed by atoms with Gasteiger partial charge in [0.1, 0.15) is 0 Å². The smallest absolute Gasteiger partial charge is 0.362 e. The predicted molar refractivity (Wildman–Crippen MR) is 127 cm³/mol. The van der Waals surface area contributed by atoms with Gasteiger partial charge in [0.25, 0.3) is 0 Å². The molecule has 3 N–H and O–H groups in total. The number of allylic oxidation sites excluding steroid dienone is 1. The second-order valence-electron chi connectivity index (χ2n) is 9.08. The van der Waals surface area contributed by atoms with Gasteiger partial charge in [0.15, 0.2) is 18.1 Å². The molecule has 32 heavy (non-hydrogen) atoms. The third-order valence-electron chi connectivity index (χ3n) is 6.94. The van der Waals surface area contributed by atoms with E-state index in [1.54, 1.807) is 0 Å². The summed E-state index contributed by atoms with van der Waals surface area (Å²) in [6.07, 6.45) is 16.7. The summed E-state index contributed by atoms with van der Waals surface area (Å²) in [5.41, 5.74) is 0. The molecule has 0 heterocycles. The second kappa shape index (κ2) is 16.7. The molecule has 3 unspecified atom stereocenters. The molecule has 0 aliphatic rings. The van der Waals surface area contributed by atoms with Gasteiger partial charge >= 0.3 is 17.9 Å². The maximum atomic E-state index is 11.7. The van der Waals surface area contributed by atoms with Gasteiger partial charge < -0.3 is 15.3 Å². The largest absolute Gasteiger partial charge is 0.477 e. The fourth-order valence-electron chi connectivity index (χ4n) is 4.65. The Morgan fingerprint density at radius 3 is 1.19 bits per heavy atom. The van der Waals surface area contributed by atoms with Gasteiger partial charge in [0, 0.05) is 0 Å². The van der Waals surface area contributed by atoms with E-state index in [0.717, 1.165) is 25.7 Å². The Bertz CT molecular complexity index is 526. The highest BCUT2D eigenvalue weighted by molar-refractivity contribution is 5.77. The molecule has 0 spiro atoms. The zero-order chi connectivity index (χ0) is 24.6. The lowest BCUT2D eigenvalue weighted by atomic mass is 10.00. The molecule has 0 aromatic rings. The predicted octanol–water partition coefficient (Wildman–Crippen LogP) is 5.48. The van der Waals surface area contributed by atoms with Crippen LogP contribution in [0.1, 0.15) is 104 Å². The summed E-state index contributed by atoms with van der Waals surface area (Å²) in [5.74, 6) is -3.52. The minimum absolute atomic E-state index is 0.222. The van der Waals surface area contributed by atoms with E-state index in [1.165, 1.54) is 72.1 Å². The van der Waals surface area contributed by atoms with E-state index in [0.29, 0.717) is 6.42 Å². The van der Waals surface area contributed by atoms with Gasteiger partial charge in [0.05, 0.1) is 6.54 Å². The monoisotopic (exact) mass is 456 g/mol. The van der Waals surface area contributed by atoms with Crippen LogP contribution in [0.4, 0.5) is 0 Å². The molecular formula is C25H46NO6+. The minimum atomic E-state index is -1.17. The number of carboxylic acid groups (broad SMARTS) is 3. The van der Waals surface area contributed by atoms with Gasteiger partial charge in [-0.3, -0.25) is 4.48 Å². The average Bonchev–Trinajstić information content (AvgIpc) is 2.75. The van der Waals surface area contributed by atoms with Crippen LogP contribution in [0.25, 0.3) is 0 Å². The zero-order valence-electron chi connectivity index (χ0n) is 20.4. The van der Waals surface area contributed by atoms with Crippen LogP contribution in [-0.2, 0) is 14.4 Å². The lowest BCUT2D eigenvalue weighted by molar-refractivity contribution is -0.968. The molecule has 0 bridgehead atoms. The molecule has 0 aromatic carbocycles. The van der Waals surface area contributed by atoms with E-state index in [1.807, 2.05) is 6.08 Å². The highest BCUT2D eigenvalue weighted by Crippen LogP contribution is 2.27. The number of quaternary nitrogens is 1. The molecule has 0 aliphatic carbocycles. The first-order chi connectivity index (χ1) is 15.1. The number of unbranched alkanes of at least 4 members (excludes halogenated alkanes) is 12. The molecule has 0 amide bonds. The van der Waals surface area contributed by atoms with Crippen LogP contribution in [0.3, 0.4) is 0 Å². The number of carboxylic acids is 3. The van der Waals surface area contributed by atoms with Crippen molar-refractivity contribution in [2.45, 2.75) is 122 Å². The van der Waals surface area contributed by atoms with Crippen LogP contribution in [0.5, 0.6) is 0 Å². The van der Waals surface area contributed by atoms with Crippen molar-refractivity contribution in [1.29, 1.82) is 0 Å². The van der Waals surface area contributed by atoms with Gasteiger partial charge in [-0.25, -0.2) is 14.4 Å². The molecule has 7 heteroatoms. The number of nitrogens with zero attached hydrogens (tertiary/aromatic N) is 1. The Morgan fingerprint density at radius 2 is 0.906 bits per heavy atom. The van der Waals surface area contributed by atoms with Gasteiger partial charge in [0.2, 0.25) is 0 Å². The third-order valence-corrected chi connectivity index (χ3v) is 6.94. The summed E-state index contributed by atoms with van der Waals surface area (Å²) in [5, 5.41) is 28.8. The summed E-state index contributed by atoms with van der Waals surface area (Å²) in [4.78, 5) is 35.2. The zero-order valence-corrected chi connectivity index (χ0v) is 20.4. The van der Waals surface area contributed by atoms with Gasteiger partial charge in [-0.15, -0.1) is 6.58 Å². The molecule has 0 saturated heterocycles. The molecule has 0 radical (unpaired) electrons. The average molecular weight is 457 g/mol. The Balaban J connectivity index is 4.46. The molecule has 0 fully saturated rings. The fraction of sp³-hybridized carbons (Fsp3) is 0.800. The molecule has 0 aliphatic heterocycles. The standard InChI is InChI=1S/C25H45NO6/c1-5-6-7-8-9-10-11-12-13-14-15-16-17-18-19-26(20(2)23(27)28,21(3)24(29)30)22(4)25(31)32/h5,20-22H,1,6-19H2,2-4H3,(H2-,27,28,29,30,31,32)/p+1. The van der Waals surface area contributed by atoms with Crippen molar-refractivity contribution in [3.8, 4) is 0 Å². The van der Waals surface area contributed by atoms with Crippen molar-refractivity contribution in [2.75, 3.05) is 6.54 Å². The molecule has 7 nitrogen and oxygen atoms in total. The molecular weight excluding hydrogens is 410 g/mol. The van der Waals surface area contributed by atoms with Crippen molar-refractivity contribution in [2.24, 2.45) is 0 Å². The molecule has 0 aromatic heterocycles. The third kappa shape index (κ3) is 10.2. The van der Waals surface area contributed by atoms with Crippen molar-refractivity contribution in [3.63, 3.8) is 0 Å². The normalized spacial score (nSPS) is 16.0. The number of hydrogen-bond donors (Lipinski definition) is 3. The quantitative estimate of drug-likeness (QED) is 0.120. The first-order valence-corrected chi connectivity index (χ1v) is 12.3. The van der Waals surface area contributed by atoms with Crippen LogP contribution in [-0.4, -0.2) is 62.4 Å². The van der Waals surface area contributed by atoms with E-state index in [4.69, 9.17) is 0 Å². The van der Waals surface area contributed by atoms with E-state index in [9.17, 15) is 29.7 Å². The maximum absolute atomic E-state index is 11.7. The summed E-state index contributed by atoms with van der Waals surface area (Å²) in [7, 11) is 0. The Morgan fingerprint density at radius 1 is 0.625 bits per heavy atom. The summed E-state index contributed by atoms with van der Waals surface area (Å²) >= 11 is 0. The van der Waals surface area contributed by atoms with E-state index >= 15 is 0 Å². The molecule has 186 valence electrons. The van der Waals surface area contributed by atoms with Gasteiger partial charge in [-0.05, 0) is 46.5 Å². The Labute approximate surface area is 194 Å². The van der Waals surface area contributed by atoms with Crippen LogP contribution in [0, 0.1) is 0 Å². The lowest BCUT2D eigenvalue weighted by Gasteiger charge is -2.47. The number of aliphatic carboxylic acids is 3. The summed E-state index contributed by atoms with van der Waals surface area (Å²) < 4.78 is -0.479. The lowest BCUT2D eigenvalue weighted by Crippen LogP contribution is -2.70. The number of rotatable bonds is 21. The maximum Gasteiger partial charge on any atom is 0.362 e. The molecule has 0 rings (SSSR count). The van der Waals surface area contributed by atoms with Crippen molar-refractivity contribution in [3.05, 3.63) is 12.7 Å². The Kier molecular flexibility index (Phi) is 15.7. The molecule has 0 saturated carbocycles. The number of hydrogen-bond acceptors (Lipinski definition) is 3. The first-order valence-electron chi connectivity index (χ1n) is 12.3. The van der Waals surface area contributed by atoms with Crippen LogP contribution in [0.2, 0.25) is 0 Å². The minimum Gasteiger partial charge on any atom is -0.477 e. The number of carbonyl (C=O) groups is 3. The summed E-state index contributed by atoms with van der Waals surface area (Å²) in [6.45, 7) is 8.21. The summed E-state index contributed by atoms with van der Waals surface area (Å²) in [6, 6.07) is -3.36. The van der Waals surface area contributed by atoms with E-state index < -0.39 is 40.5 Å². The van der Waals surface area contributed by atoms with Crippen LogP contribution in [0.15, 0.2) is 12.7 Å². The topological polar surface area (TPSA) is 112 Å². The SMILES string of the molecule is C=CCCCCCCCCCCCCCC[N+](C(C)C(=O)O)(C(C)C(=O)O)C(C)C(=O)O. The van der Waals surface area contributed by atoms with Gasteiger partial charge in [-0.2, -0.15) is 0 Å². The van der Waals surface area contributed by atoms with Gasteiger partial charge in [-0.1, -0.05) is 63.9 Å². The first kappa shape index (κ1) is 30.1. The Hall–Kier alpha value is -1.89. The van der Waals surface area contributed by atoms with Crippen molar-refractivity contribution < 1.29 is 34.2 Å². The fourth-order valence-corrected chi connectivity index (χ4v) is 4.65. The van der Waals surface area contributed by atoms with Crippen LogP contribution >= 0.6 is 0 Å². The van der Waals surface area contributed by atoms with Crippen molar-refractivity contribution in [1.82, 2.24) is 0 Å². The highest BCUT2D eigenvalue weighted by atomic mass is 16.4. The van der Waals surface area contributed by atoms with Crippen LogP contribution < -0.4 is 0 Å². The molecule has 3 atom stereocenters. The highest BCUT2D eigenvalue weighted by Gasteiger charge is 2.52. The van der Waals surface area contributed by atoms with E-state index in [-0.39, 0.29) is 6.54 Å². The van der Waals surface area contributed by atoms with Crippen molar-refractivity contribution >= 4 is 17.9 Å². The van der Waals surface area contributed by atoms with E-state index in [2.05, 4.69) is 6.58 Å².